The quantitative estimate of drug-likeness (QED) is 0.775. The van der Waals surface area contributed by atoms with E-state index < -0.39 is 0 Å². The van der Waals surface area contributed by atoms with Crippen molar-refractivity contribution < 1.29 is 4.39 Å². The highest BCUT2D eigenvalue weighted by Crippen LogP contribution is 2.32. The number of hydrogen-bond donors (Lipinski definition) is 1. The Balaban J connectivity index is 1.93. The molecule has 1 aromatic carbocycles. The molecule has 2 rings (SSSR count). The van der Waals surface area contributed by atoms with Crippen molar-refractivity contribution in [1.82, 2.24) is 15.5 Å². The zero-order valence-electron chi connectivity index (χ0n) is 12.2. The lowest BCUT2D eigenvalue weighted by Crippen LogP contribution is -2.21. The first-order valence-corrected chi connectivity index (χ1v) is 8.25. The first kappa shape index (κ1) is 16.3. The number of benzene rings is 1. The average molecular weight is 328 g/mol. The summed E-state index contributed by atoms with van der Waals surface area (Å²) in [5, 5.41) is 13.4. The fourth-order valence-electron chi connectivity index (χ4n) is 1.91. The van der Waals surface area contributed by atoms with Crippen molar-refractivity contribution in [2.45, 2.75) is 26.7 Å². The summed E-state index contributed by atoms with van der Waals surface area (Å²) in [4.78, 5) is 0. The summed E-state index contributed by atoms with van der Waals surface area (Å²) in [5.41, 5.74) is 0.348. The minimum Gasteiger partial charge on any atom is -0.316 e. The molecule has 0 bridgehead atoms. The number of halogens is 2. The molecule has 21 heavy (non-hydrogen) atoms. The van der Waals surface area contributed by atoms with Crippen LogP contribution in [-0.2, 0) is 6.42 Å². The van der Waals surface area contributed by atoms with E-state index in [-0.39, 0.29) is 5.82 Å². The minimum absolute atomic E-state index is 0.348. The molecule has 0 aliphatic heterocycles. The van der Waals surface area contributed by atoms with Crippen molar-refractivity contribution in [2.24, 2.45) is 5.92 Å². The molecule has 0 atom stereocenters. The number of hydrogen-bond acceptors (Lipinski definition) is 4. The number of rotatable bonds is 7. The van der Waals surface area contributed by atoms with E-state index in [9.17, 15) is 4.39 Å². The van der Waals surface area contributed by atoms with E-state index in [1.165, 1.54) is 17.4 Å². The lowest BCUT2D eigenvalue weighted by atomic mass is 10.2. The van der Waals surface area contributed by atoms with Gasteiger partial charge in [-0.2, -0.15) is 0 Å². The van der Waals surface area contributed by atoms with Crippen molar-refractivity contribution in [3.8, 4) is 10.6 Å². The van der Waals surface area contributed by atoms with Gasteiger partial charge in [-0.15, -0.1) is 10.2 Å². The van der Waals surface area contributed by atoms with Gasteiger partial charge >= 0.3 is 0 Å². The second-order valence-electron chi connectivity index (χ2n) is 5.30. The third kappa shape index (κ3) is 4.73. The standard InChI is InChI=1S/C15H19ClFN3S/c1-10(2)9-18-8-4-7-13-19-20-15(21-13)14-11(16)5-3-6-12(14)17/h3,5-6,10,18H,4,7-9H2,1-2H3. The Kier molecular flexibility index (Phi) is 6.08. The number of nitrogens with zero attached hydrogens (tertiary/aromatic N) is 2. The zero-order chi connectivity index (χ0) is 15.2. The Bertz CT molecular complexity index is 566. The molecule has 0 aliphatic rings. The van der Waals surface area contributed by atoms with Gasteiger partial charge in [-0.3, -0.25) is 0 Å². The maximum Gasteiger partial charge on any atom is 0.152 e. The van der Waals surface area contributed by atoms with Crippen molar-refractivity contribution in [3.05, 3.63) is 34.0 Å². The lowest BCUT2D eigenvalue weighted by Gasteiger charge is -2.05. The molecule has 2 aromatic rings. The predicted octanol–water partition coefficient (Wildman–Crippen LogP) is 4.18. The molecule has 0 saturated carbocycles. The van der Waals surface area contributed by atoms with Gasteiger partial charge < -0.3 is 5.32 Å². The van der Waals surface area contributed by atoms with Crippen LogP contribution < -0.4 is 5.32 Å². The van der Waals surface area contributed by atoms with Gasteiger partial charge in [-0.25, -0.2) is 4.39 Å². The highest BCUT2D eigenvalue weighted by Gasteiger charge is 2.14. The molecule has 3 nitrogen and oxygen atoms in total. The summed E-state index contributed by atoms with van der Waals surface area (Å²) in [7, 11) is 0. The molecule has 0 amide bonds. The van der Waals surface area contributed by atoms with Crippen molar-refractivity contribution in [3.63, 3.8) is 0 Å². The van der Waals surface area contributed by atoms with Crippen LogP contribution in [0.4, 0.5) is 4.39 Å². The van der Waals surface area contributed by atoms with Gasteiger partial charge in [0.2, 0.25) is 0 Å². The lowest BCUT2D eigenvalue weighted by molar-refractivity contribution is 0.542. The van der Waals surface area contributed by atoms with Gasteiger partial charge in [0.05, 0.1) is 10.6 Å². The molecule has 0 unspecified atom stereocenters. The number of nitrogens with one attached hydrogen (secondary N) is 1. The first-order valence-electron chi connectivity index (χ1n) is 7.05. The second kappa shape index (κ2) is 7.82. The third-order valence-corrected chi connectivity index (χ3v) is 4.26. The summed E-state index contributed by atoms with van der Waals surface area (Å²) in [6.07, 6.45) is 1.83. The largest absolute Gasteiger partial charge is 0.316 e. The summed E-state index contributed by atoms with van der Waals surface area (Å²) in [5.74, 6) is 0.296. The topological polar surface area (TPSA) is 37.8 Å². The van der Waals surface area contributed by atoms with Crippen LogP contribution in [0.2, 0.25) is 5.02 Å². The van der Waals surface area contributed by atoms with Crippen LogP contribution in [0.15, 0.2) is 18.2 Å². The van der Waals surface area contributed by atoms with Gasteiger partial charge in [0.25, 0.3) is 0 Å². The monoisotopic (exact) mass is 327 g/mol. The van der Waals surface area contributed by atoms with Gasteiger partial charge in [0.1, 0.15) is 10.8 Å². The highest BCUT2D eigenvalue weighted by atomic mass is 35.5. The van der Waals surface area contributed by atoms with Crippen LogP contribution in [0.25, 0.3) is 10.6 Å². The average Bonchev–Trinajstić information content (AvgIpc) is 2.86. The van der Waals surface area contributed by atoms with Crippen LogP contribution in [0.1, 0.15) is 25.3 Å². The van der Waals surface area contributed by atoms with Gasteiger partial charge in [-0.1, -0.05) is 42.9 Å². The number of aromatic nitrogens is 2. The fraction of sp³-hybridized carbons (Fsp3) is 0.467. The Morgan fingerprint density at radius 3 is 2.86 bits per heavy atom. The van der Waals surface area contributed by atoms with E-state index in [1.807, 2.05) is 0 Å². The zero-order valence-corrected chi connectivity index (χ0v) is 13.8. The molecule has 1 heterocycles. The van der Waals surface area contributed by atoms with E-state index in [1.54, 1.807) is 12.1 Å². The molecule has 0 fully saturated rings. The molecular formula is C15H19ClFN3S. The second-order valence-corrected chi connectivity index (χ2v) is 6.77. The minimum atomic E-state index is -0.358. The fourth-order valence-corrected chi connectivity index (χ4v) is 3.16. The number of aryl methyl sites for hydroxylation is 1. The molecule has 1 aromatic heterocycles. The molecule has 0 radical (unpaired) electrons. The normalized spacial score (nSPS) is 11.3. The Morgan fingerprint density at radius 2 is 2.14 bits per heavy atom. The third-order valence-electron chi connectivity index (χ3n) is 2.94. The molecule has 0 spiro atoms. The first-order chi connectivity index (χ1) is 10.1. The smallest absolute Gasteiger partial charge is 0.152 e. The Labute approximate surface area is 133 Å². The van der Waals surface area contributed by atoms with E-state index in [2.05, 4.69) is 29.4 Å². The van der Waals surface area contributed by atoms with Crippen LogP contribution in [0, 0.1) is 11.7 Å². The molecule has 0 aliphatic carbocycles. The maximum atomic E-state index is 13.8. The van der Waals surface area contributed by atoms with Crippen LogP contribution in [-0.4, -0.2) is 23.3 Å². The van der Waals surface area contributed by atoms with E-state index in [4.69, 9.17) is 11.6 Å². The predicted molar refractivity (Wildman–Crippen MR) is 86.3 cm³/mol. The van der Waals surface area contributed by atoms with Crippen LogP contribution in [0.3, 0.4) is 0 Å². The summed E-state index contributed by atoms with van der Waals surface area (Å²) < 4.78 is 13.8. The van der Waals surface area contributed by atoms with Gasteiger partial charge in [0.15, 0.2) is 5.01 Å². The van der Waals surface area contributed by atoms with Crippen LogP contribution >= 0.6 is 22.9 Å². The van der Waals surface area contributed by atoms with Gasteiger partial charge in [-0.05, 0) is 37.6 Å². The summed E-state index contributed by atoms with van der Waals surface area (Å²) >= 11 is 7.44. The maximum absolute atomic E-state index is 13.8. The SMILES string of the molecule is CC(C)CNCCCc1nnc(-c2c(F)cccc2Cl)s1. The highest BCUT2D eigenvalue weighted by molar-refractivity contribution is 7.14. The van der Waals surface area contributed by atoms with Crippen molar-refractivity contribution in [1.29, 1.82) is 0 Å². The Morgan fingerprint density at radius 1 is 1.33 bits per heavy atom. The molecule has 6 heteroatoms. The molecule has 114 valence electrons. The van der Waals surface area contributed by atoms with E-state index in [0.717, 1.165) is 30.9 Å². The van der Waals surface area contributed by atoms with E-state index >= 15 is 0 Å². The van der Waals surface area contributed by atoms with Crippen molar-refractivity contribution >= 4 is 22.9 Å². The summed E-state index contributed by atoms with van der Waals surface area (Å²) in [6, 6.07) is 4.64. The van der Waals surface area contributed by atoms with Crippen LogP contribution in [0.5, 0.6) is 0 Å². The van der Waals surface area contributed by atoms with Crippen molar-refractivity contribution in [2.75, 3.05) is 13.1 Å². The summed E-state index contributed by atoms with van der Waals surface area (Å²) in [6.45, 7) is 6.34. The molecule has 1 N–H and O–H groups in total. The van der Waals surface area contributed by atoms with Gasteiger partial charge in [0, 0.05) is 6.42 Å². The molecule has 0 saturated heterocycles. The molecular weight excluding hydrogens is 309 g/mol. The van der Waals surface area contributed by atoms with E-state index in [0.29, 0.717) is 21.5 Å². The Hall–Kier alpha value is -1.04.